The van der Waals surface area contributed by atoms with Gasteiger partial charge in [-0.2, -0.15) is 0 Å². The molecule has 0 N–H and O–H groups in total. The van der Waals surface area contributed by atoms with Gasteiger partial charge in [-0.1, -0.05) is 29.8 Å². The molecule has 0 saturated carbocycles. The summed E-state index contributed by atoms with van der Waals surface area (Å²) >= 11 is 6.41. The Bertz CT molecular complexity index is 601. The van der Waals surface area contributed by atoms with Crippen LogP contribution in [0.3, 0.4) is 0 Å². The van der Waals surface area contributed by atoms with Crippen molar-refractivity contribution < 1.29 is 0 Å². The molecule has 0 amide bonds. The third kappa shape index (κ3) is 1.12. The van der Waals surface area contributed by atoms with Crippen LogP contribution in [0, 0.1) is 5.92 Å². The Labute approximate surface area is 112 Å². The zero-order valence-electron chi connectivity index (χ0n) is 10.5. The number of nitrogens with zero attached hydrogens (tertiary/aromatic N) is 2. The molecule has 1 aromatic carbocycles. The van der Waals surface area contributed by atoms with Gasteiger partial charge in [0.05, 0.1) is 17.3 Å². The van der Waals surface area contributed by atoms with Crippen LogP contribution >= 0.6 is 11.6 Å². The first kappa shape index (κ1) is 10.6. The van der Waals surface area contributed by atoms with E-state index in [9.17, 15) is 0 Å². The van der Waals surface area contributed by atoms with E-state index in [0.29, 0.717) is 12.0 Å². The number of halogens is 1. The van der Waals surface area contributed by atoms with Crippen LogP contribution in [0.25, 0.3) is 0 Å². The Kier molecular flexibility index (Phi) is 1.88. The summed E-state index contributed by atoms with van der Waals surface area (Å²) in [6.45, 7) is 4.50. The molecule has 2 bridgehead atoms. The Hall–Kier alpha value is -1.28. The second-order valence-electron chi connectivity index (χ2n) is 5.83. The Morgan fingerprint density at radius 1 is 1.33 bits per heavy atom. The molecule has 2 heterocycles. The molecule has 3 aliphatic rings. The third-order valence-electron chi connectivity index (χ3n) is 4.41. The largest absolute Gasteiger partial charge is 0.344 e. The fourth-order valence-corrected chi connectivity index (χ4v) is 4.11. The minimum Gasteiger partial charge on any atom is -0.344 e. The fourth-order valence-electron chi connectivity index (χ4n) is 3.70. The molecule has 92 valence electrons. The second-order valence-corrected chi connectivity index (χ2v) is 6.23. The second kappa shape index (κ2) is 3.18. The van der Waals surface area contributed by atoms with E-state index in [1.165, 1.54) is 12.3 Å². The Balaban J connectivity index is 2.01. The van der Waals surface area contributed by atoms with Crippen LogP contribution in [0.1, 0.15) is 25.8 Å². The zero-order valence-corrected chi connectivity index (χ0v) is 11.3. The Morgan fingerprint density at radius 3 is 3.00 bits per heavy atom. The highest BCUT2D eigenvalue weighted by Gasteiger charge is 2.49. The fraction of sp³-hybridized carbons (Fsp3) is 0.400. The molecular weight excluding hydrogens is 244 g/mol. The van der Waals surface area contributed by atoms with Crippen LogP contribution in [0.4, 0.5) is 5.69 Å². The van der Waals surface area contributed by atoms with Gasteiger partial charge in [0.2, 0.25) is 0 Å². The van der Waals surface area contributed by atoms with Gasteiger partial charge in [-0.3, -0.25) is 0 Å². The van der Waals surface area contributed by atoms with Crippen molar-refractivity contribution in [2.24, 2.45) is 10.9 Å². The molecule has 1 fully saturated rings. The zero-order chi connectivity index (χ0) is 12.5. The lowest BCUT2D eigenvalue weighted by molar-refractivity contribution is 0.195. The molecule has 2 atom stereocenters. The van der Waals surface area contributed by atoms with Crippen LogP contribution in [-0.4, -0.2) is 16.8 Å². The number of hydrogen-bond acceptors (Lipinski definition) is 2. The molecule has 1 saturated heterocycles. The lowest BCUT2D eigenvalue weighted by Crippen LogP contribution is -2.50. The molecule has 18 heavy (non-hydrogen) atoms. The molecule has 2 nitrogen and oxygen atoms in total. The van der Waals surface area contributed by atoms with Crippen molar-refractivity contribution in [3.63, 3.8) is 0 Å². The average Bonchev–Trinajstić information content (AvgIpc) is 2.88. The minimum atomic E-state index is -0.0745. The number of benzene rings is 1. The number of rotatable bonds is 0. The number of amidine groups is 1. The van der Waals surface area contributed by atoms with Gasteiger partial charge in [0.25, 0.3) is 0 Å². The van der Waals surface area contributed by atoms with E-state index in [1.807, 2.05) is 12.1 Å². The molecule has 1 aromatic rings. The smallest absolute Gasteiger partial charge is 0.113 e. The van der Waals surface area contributed by atoms with Crippen molar-refractivity contribution in [1.29, 1.82) is 0 Å². The Morgan fingerprint density at radius 2 is 2.17 bits per heavy atom. The quantitative estimate of drug-likeness (QED) is 0.645. The third-order valence-corrected chi connectivity index (χ3v) is 4.73. The molecule has 2 unspecified atom stereocenters. The summed E-state index contributed by atoms with van der Waals surface area (Å²) in [6, 6.07) is 6.52. The standard InChI is InChI=1S/C15H15ClN2/c1-15(2)13-11(16)4-3-5-12(13)17-14-9-6-7-10(8-9)18(14)15/h3-7,9-10H,8H2,1-2H3. The number of fused-ring (bicyclic) bond motifs is 6. The van der Waals surface area contributed by atoms with Gasteiger partial charge in [0.15, 0.2) is 0 Å². The van der Waals surface area contributed by atoms with Gasteiger partial charge >= 0.3 is 0 Å². The summed E-state index contributed by atoms with van der Waals surface area (Å²) in [5.74, 6) is 1.73. The van der Waals surface area contributed by atoms with Crippen molar-refractivity contribution in [3.05, 3.63) is 40.9 Å². The van der Waals surface area contributed by atoms with E-state index in [-0.39, 0.29) is 5.54 Å². The van der Waals surface area contributed by atoms with Crippen LogP contribution in [0.5, 0.6) is 0 Å². The van der Waals surface area contributed by atoms with Gasteiger partial charge in [-0.05, 0) is 32.4 Å². The van der Waals surface area contributed by atoms with Crippen LogP contribution in [0.2, 0.25) is 5.02 Å². The molecule has 0 radical (unpaired) electrons. The summed E-state index contributed by atoms with van der Waals surface area (Å²) < 4.78 is 0. The van der Waals surface area contributed by atoms with E-state index in [0.717, 1.165) is 16.3 Å². The van der Waals surface area contributed by atoms with Crippen molar-refractivity contribution in [2.45, 2.75) is 31.8 Å². The van der Waals surface area contributed by atoms with Crippen molar-refractivity contribution in [2.75, 3.05) is 0 Å². The summed E-state index contributed by atoms with van der Waals surface area (Å²) in [6.07, 6.45) is 5.78. The SMILES string of the molecule is CC1(C)c2c(Cl)cccc2N=C2C3C=CC(C3)N21. The van der Waals surface area contributed by atoms with Gasteiger partial charge < -0.3 is 4.90 Å². The van der Waals surface area contributed by atoms with Gasteiger partial charge in [0.1, 0.15) is 5.84 Å². The first-order chi connectivity index (χ1) is 8.59. The van der Waals surface area contributed by atoms with E-state index < -0.39 is 0 Å². The average molecular weight is 259 g/mol. The molecule has 4 rings (SSSR count). The van der Waals surface area contributed by atoms with Crippen LogP contribution in [0.15, 0.2) is 35.3 Å². The summed E-state index contributed by atoms with van der Waals surface area (Å²) in [4.78, 5) is 7.30. The summed E-state index contributed by atoms with van der Waals surface area (Å²) in [7, 11) is 0. The minimum absolute atomic E-state index is 0.0745. The van der Waals surface area contributed by atoms with Crippen LogP contribution < -0.4 is 0 Å². The van der Waals surface area contributed by atoms with Gasteiger partial charge in [0, 0.05) is 16.5 Å². The van der Waals surface area contributed by atoms with Crippen molar-refractivity contribution in [3.8, 4) is 0 Å². The lowest BCUT2D eigenvalue weighted by atomic mass is 9.87. The predicted molar refractivity (Wildman–Crippen MR) is 74.4 cm³/mol. The highest BCUT2D eigenvalue weighted by atomic mass is 35.5. The molecular formula is C15H15ClN2. The van der Waals surface area contributed by atoms with Crippen LogP contribution in [-0.2, 0) is 5.54 Å². The maximum absolute atomic E-state index is 6.41. The molecule has 0 spiro atoms. The first-order valence-electron chi connectivity index (χ1n) is 6.44. The number of aliphatic imine (C=N–C) groups is 1. The summed E-state index contributed by atoms with van der Waals surface area (Å²) in [5, 5.41) is 0.826. The van der Waals surface area contributed by atoms with E-state index >= 15 is 0 Å². The van der Waals surface area contributed by atoms with Gasteiger partial charge in [-0.25, -0.2) is 4.99 Å². The van der Waals surface area contributed by atoms with E-state index in [4.69, 9.17) is 16.6 Å². The molecule has 3 heteroatoms. The highest BCUT2D eigenvalue weighted by Crippen LogP contribution is 2.50. The van der Waals surface area contributed by atoms with E-state index in [1.54, 1.807) is 0 Å². The maximum atomic E-state index is 6.41. The summed E-state index contributed by atoms with van der Waals surface area (Å²) in [5.41, 5.74) is 2.13. The topological polar surface area (TPSA) is 15.6 Å². The van der Waals surface area contributed by atoms with Crippen molar-refractivity contribution >= 4 is 23.1 Å². The lowest BCUT2D eigenvalue weighted by Gasteiger charge is -2.45. The first-order valence-corrected chi connectivity index (χ1v) is 6.82. The predicted octanol–water partition coefficient (Wildman–Crippen LogP) is 3.88. The van der Waals surface area contributed by atoms with E-state index in [2.05, 4.69) is 37.0 Å². The van der Waals surface area contributed by atoms with Gasteiger partial charge in [-0.15, -0.1) is 0 Å². The monoisotopic (exact) mass is 258 g/mol. The maximum Gasteiger partial charge on any atom is 0.113 e. The molecule has 0 aromatic heterocycles. The normalized spacial score (nSPS) is 30.2. The molecule has 1 aliphatic carbocycles. The molecule has 2 aliphatic heterocycles. The number of hydrogen-bond donors (Lipinski definition) is 0. The highest BCUT2D eigenvalue weighted by molar-refractivity contribution is 6.32. The van der Waals surface area contributed by atoms with Crippen molar-refractivity contribution in [1.82, 2.24) is 4.90 Å².